The van der Waals surface area contributed by atoms with Crippen molar-refractivity contribution in [3.63, 3.8) is 0 Å². The first-order valence-corrected chi connectivity index (χ1v) is 7.89. The highest BCUT2D eigenvalue weighted by Crippen LogP contribution is 2.34. The molecule has 22 heavy (non-hydrogen) atoms. The molecule has 0 radical (unpaired) electrons. The van der Waals surface area contributed by atoms with Gasteiger partial charge in [0.15, 0.2) is 0 Å². The van der Waals surface area contributed by atoms with Crippen LogP contribution in [0.25, 0.3) is 0 Å². The normalized spacial score (nSPS) is 22.7. The van der Waals surface area contributed by atoms with Crippen LogP contribution < -0.4 is 10.2 Å². The van der Waals surface area contributed by atoms with Crippen LogP contribution in [0.4, 0.5) is 5.69 Å². The van der Waals surface area contributed by atoms with Gasteiger partial charge >= 0.3 is 5.97 Å². The number of halogens is 1. The zero-order valence-electron chi connectivity index (χ0n) is 12.4. The van der Waals surface area contributed by atoms with E-state index in [2.05, 4.69) is 5.32 Å². The summed E-state index contributed by atoms with van der Waals surface area (Å²) in [7, 11) is 1.38. The number of hydrogen-bond acceptors (Lipinski definition) is 4. The van der Waals surface area contributed by atoms with Gasteiger partial charge in [-0.05, 0) is 43.4 Å². The first-order valence-electron chi connectivity index (χ1n) is 7.51. The van der Waals surface area contributed by atoms with Crippen molar-refractivity contribution in [2.24, 2.45) is 5.92 Å². The molecule has 0 bridgehead atoms. The third-order valence-corrected chi connectivity index (χ3v) is 4.49. The van der Waals surface area contributed by atoms with Crippen LogP contribution in [0.2, 0.25) is 5.02 Å². The number of nitrogens with one attached hydrogen (secondary N) is 1. The number of esters is 1. The van der Waals surface area contributed by atoms with E-state index in [0.29, 0.717) is 23.9 Å². The molecular formula is C16H19ClN2O3. The van der Waals surface area contributed by atoms with Crippen LogP contribution in [-0.2, 0) is 14.3 Å². The molecule has 0 aromatic heterocycles. The predicted molar refractivity (Wildman–Crippen MR) is 83.9 cm³/mol. The molecule has 1 aromatic carbocycles. The van der Waals surface area contributed by atoms with E-state index in [1.165, 1.54) is 7.11 Å². The zero-order chi connectivity index (χ0) is 15.7. The highest BCUT2D eigenvalue weighted by Gasteiger charge is 2.42. The van der Waals surface area contributed by atoms with Gasteiger partial charge in [0.2, 0.25) is 5.91 Å². The van der Waals surface area contributed by atoms with E-state index in [4.69, 9.17) is 16.3 Å². The fourth-order valence-electron chi connectivity index (χ4n) is 2.90. The molecule has 5 nitrogen and oxygen atoms in total. The summed E-state index contributed by atoms with van der Waals surface area (Å²) in [4.78, 5) is 26.1. The van der Waals surface area contributed by atoms with Crippen molar-refractivity contribution < 1.29 is 14.3 Å². The summed E-state index contributed by atoms with van der Waals surface area (Å²) in [6.07, 6.45) is 2.68. The second kappa shape index (κ2) is 6.26. The van der Waals surface area contributed by atoms with Crippen LogP contribution in [0.3, 0.4) is 0 Å². The Balaban J connectivity index is 1.69. The molecule has 0 spiro atoms. The molecule has 2 atom stereocenters. The Morgan fingerprint density at radius 1 is 1.41 bits per heavy atom. The van der Waals surface area contributed by atoms with Crippen molar-refractivity contribution in [2.75, 3.05) is 18.6 Å². The van der Waals surface area contributed by atoms with Gasteiger partial charge in [0.05, 0.1) is 13.2 Å². The lowest BCUT2D eigenvalue weighted by atomic mass is 10.1. The highest BCUT2D eigenvalue weighted by atomic mass is 35.5. The lowest BCUT2D eigenvalue weighted by molar-refractivity contribution is -0.144. The van der Waals surface area contributed by atoms with E-state index < -0.39 is 0 Å². The number of rotatable bonds is 5. The standard InChI is InChI=1S/C16H19ClN2O3/c1-22-16(21)14(10-5-6-10)18-13-7-8-19(15(13)20)12-4-2-3-11(17)9-12/h2-4,9-10,13-14,18H,5-8H2,1H3/t13-,14+/m0/s1. The molecule has 2 fully saturated rings. The number of benzene rings is 1. The molecule has 1 saturated heterocycles. The number of ether oxygens (including phenoxy) is 1. The molecule has 1 heterocycles. The largest absolute Gasteiger partial charge is 0.468 e. The van der Waals surface area contributed by atoms with Gasteiger partial charge < -0.3 is 9.64 Å². The molecule has 118 valence electrons. The zero-order valence-corrected chi connectivity index (χ0v) is 13.2. The fraction of sp³-hybridized carbons (Fsp3) is 0.500. The summed E-state index contributed by atoms with van der Waals surface area (Å²) in [6, 6.07) is 6.53. The van der Waals surface area contributed by atoms with Crippen molar-refractivity contribution >= 4 is 29.2 Å². The monoisotopic (exact) mass is 322 g/mol. The van der Waals surface area contributed by atoms with Crippen molar-refractivity contribution in [2.45, 2.75) is 31.3 Å². The van der Waals surface area contributed by atoms with E-state index >= 15 is 0 Å². The van der Waals surface area contributed by atoms with Gasteiger partial charge in [-0.3, -0.25) is 14.9 Å². The molecule has 1 amide bonds. The maximum absolute atomic E-state index is 12.6. The Morgan fingerprint density at radius 2 is 2.18 bits per heavy atom. The van der Waals surface area contributed by atoms with E-state index in [1.807, 2.05) is 12.1 Å². The number of hydrogen-bond donors (Lipinski definition) is 1. The first-order chi connectivity index (χ1) is 10.6. The molecule has 1 aromatic rings. The molecule has 1 N–H and O–H groups in total. The summed E-state index contributed by atoms with van der Waals surface area (Å²) in [5.74, 6) is -0.00575. The number of carbonyl (C=O) groups is 2. The second-order valence-corrected chi connectivity index (χ2v) is 6.25. The van der Waals surface area contributed by atoms with Crippen LogP contribution in [-0.4, -0.2) is 37.6 Å². The van der Waals surface area contributed by atoms with Crippen LogP contribution >= 0.6 is 11.6 Å². The summed E-state index contributed by atoms with van der Waals surface area (Å²) >= 11 is 5.99. The average molecular weight is 323 g/mol. The summed E-state index contributed by atoms with van der Waals surface area (Å²) in [5, 5.41) is 3.80. The van der Waals surface area contributed by atoms with Crippen LogP contribution in [0.5, 0.6) is 0 Å². The van der Waals surface area contributed by atoms with Crippen molar-refractivity contribution in [3.8, 4) is 0 Å². The van der Waals surface area contributed by atoms with Crippen LogP contribution in [0, 0.1) is 5.92 Å². The molecule has 1 aliphatic carbocycles. The quantitative estimate of drug-likeness (QED) is 0.842. The number of methoxy groups -OCH3 is 1. The molecule has 3 rings (SSSR count). The highest BCUT2D eigenvalue weighted by molar-refractivity contribution is 6.31. The third-order valence-electron chi connectivity index (χ3n) is 4.25. The topological polar surface area (TPSA) is 58.6 Å². The Labute approximate surface area is 134 Å². The van der Waals surface area contributed by atoms with Crippen LogP contribution in [0.1, 0.15) is 19.3 Å². The molecular weight excluding hydrogens is 304 g/mol. The Bertz CT molecular complexity index is 589. The minimum absolute atomic E-state index is 0.0168. The predicted octanol–water partition coefficient (Wildman–Crippen LogP) is 1.99. The second-order valence-electron chi connectivity index (χ2n) is 5.82. The van der Waals surface area contributed by atoms with E-state index in [0.717, 1.165) is 18.5 Å². The summed E-state index contributed by atoms with van der Waals surface area (Å²) in [5.41, 5.74) is 0.794. The molecule has 2 aliphatic rings. The van der Waals surface area contributed by atoms with Gasteiger partial charge in [-0.25, -0.2) is 0 Å². The van der Waals surface area contributed by atoms with Gasteiger partial charge in [-0.15, -0.1) is 0 Å². The van der Waals surface area contributed by atoms with Crippen molar-refractivity contribution in [1.29, 1.82) is 0 Å². The van der Waals surface area contributed by atoms with Crippen LogP contribution in [0.15, 0.2) is 24.3 Å². The fourth-order valence-corrected chi connectivity index (χ4v) is 3.09. The van der Waals surface area contributed by atoms with Gasteiger partial charge in [0.25, 0.3) is 0 Å². The van der Waals surface area contributed by atoms with Gasteiger partial charge in [-0.1, -0.05) is 17.7 Å². The molecule has 6 heteroatoms. The summed E-state index contributed by atoms with van der Waals surface area (Å²) < 4.78 is 4.84. The first kappa shape index (κ1) is 15.3. The number of nitrogens with zero attached hydrogens (tertiary/aromatic N) is 1. The molecule has 1 saturated carbocycles. The smallest absolute Gasteiger partial charge is 0.323 e. The lowest BCUT2D eigenvalue weighted by Gasteiger charge is -2.21. The maximum Gasteiger partial charge on any atom is 0.323 e. The third kappa shape index (κ3) is 3.10. The SMILES string of the molecule is COC(=O)[C@H](N[C@H]1CCN(c2cccc(Cl)c2)C1=O)C1CC1. The average Bonchev–Trinajstić information content (AvgIpc) is 3.28. The summed E-state index contributed by atoms with van der Waals surface area (Å²) in [6.45, 7) is 0.620. The lowest BCUT2D eigenvalue weighted by Crippen LogP contribution is -2.48. The van der Waals surface area contributed by atoms with Gasteiger partial charge in [0.1, 0.15) is 6.04 Å². The number of carbonyl (C=O) groups excluding carboxylic acids is 2. The minimum Gasteiger partial charge on any atom is -0.468 e. The number of anilines is 1. The Kier molecular flexibility index (Phi) is 4.36. The minimum atomic E-state index is -0.377. The number of amides is 1. The van der Waals surface area contributed by atoms with E-state index in [9.17, 15) is 9.59 Å². The Hall–Kier alpha value is -1.59. The van der Waals surface area contributed by atoms with Gasteiger partial charge in [-0.2, -0.15) is 0 Å². The van der Waals surface area contributed by atoms with E-state index in [-0.39, 0.29) is 24.0 Å². The van der Waals surface area contributed by atoms with Crippen molar-refractivity contribution in [3.05, 3.63) is 29.3 Å². The molecule has 1 aliphatic heterocycles. The van der Waals surface area contributed by atoms with Gasteiger partial charge in [0, 0.05) is 17.3 Å². The van der Waals surface area contributed by atoms with Crippen molar-refractivity contribution in [1.82, 2.24) is 5.32 Å². The maximum atomic E-state index is 12.6. The van der Waals surface area contributed by atoms with E-state index in [1.54, 1.807) is 17.0 Å². The Morgan fingerprint density at radius 3 is 2.82 bits per heavy atom. The molecule has 0 unspecified atom stereocenters.